The Morgan fingerprint density at radius 3 is 2.84 bits per heavy atom. The molecule has 0 unspecified atom stereocenters. The number of rotatable bonds is 10. The first-order chi connectivity index (χ1) is 14.9. The number of hydrogen-bond acceptors (Lipinski definition) is 7. The van der Waals surface area contributed by atoms with E-state index in [1.165, 1.54) is 16.2 Å². The topological polar surface area (TPSA) is 75.9 Å². The number of unbranched alkanes of at least 4 members (excludes halogenated alkanes) is 1. The number of carbonyl (C=O) groups excluding carboxylic acids is 1. The van der Waals surface area contributed by atoms with E-state index in [9.17, 15) is 9.59 Å². The predicted octanol–water partition coefficient (Wildman–Crippen LogP) is 3.92. The second-order valence-electron chi connectivity index (χ2n) is 7.49. The third-order valence-electron chi connectivity index (χ3n) is 4.72. The Labute approximate surface area is 191 Å². The molecule has 3 rings (SSSR count). The molecule has 0 aliphatic carbocycles. The molecule has 166 valence electrons. The van der Waals surface area contributed by atoms with E-state index in [2.05, 4.69) is 17.2 Å². The highest BCUT2D eigenvalue weighted by atomic mass is 32.2. The molecule has 1 amide bonds. The number of ether oxygens (including phenoxy) is 1. The highest BCUT2D eigenvalue weighted by molar-refractivity contribution is 8.26. The average molecular weight is 461 g/mol. The number of fused-ring (bicyclic) bond motifs is 1. The molecular formula is C22H28N4O3S2. The zero-order chi connectivity index (χ0) is 22.4. The Morgan fingerprint density at radius 1 is 1.29 bits per heavy atom. The van der Waals surface area contributed by atoms with Crippen molar-refractivity contribution in [3.63, 3.8) is 0 Å². The van der Waals surface area contributed by atoms with Gasteiger partial charge in [0.2, 0.25) is 0 Å². The minimum absolute atomic E-state index is 0.155. The summed E-state index contributed by atoms with van der Waals surface area (Å²) in [6.45, 7) is 7.86. The lowest BCUT2D eigenvalue weighted by Crippen LogP contribution is -2.29. The van der Waals surface area contributed by atoms with Crippen molar-refractivity contribution in [3.8, 4) is 0 Å². The van der Waals surface area contributed by atoms with Gasteiger partial charge in [-0.3, -0.25) is 18.9 Å². The Morgan fingerprint density at radius 2 is 2.10 bits per heavy atom. The van der Waals surface area contributed by atoms with Crippen molar-refractivity contribution in [2.75, 3.05) is 25.0 Å². The summed E-state index contributed by atoms with van der Waals surface area (Å²) in [5.41, 5.74) is 0.663. The number of aromatic nitrogens is 2. The largest absolute Gasteiger partial charge is 0.379 e. The molecule has 0 saturated carbocycles. The summed E-state index contributed by atoms with van der Waals surface area (Å²) < 4.78 is 7.59. The molecular weight excluding hydrogens is 432 g/mol. The van der Waals surface area contributed by atoms with Gasteiger partial charge in [0.15, 0.2) is 0 Å². The van der Waals surface area contributed by atoms with Crippen LogP contribution in [0.15, 0.2) is 34.1 Å². The van der Waals surface area contributed by atoms with E-state index >= 15 is 0 Å². The van der Waals surface area contributed by atoms with Gasteiger partial charge in [-0.2, -0.15) is 0 Å². The number of anilines is 1. The van der Waals surface area contributed by atoms with Gasteiger partial charge in [-0.05, 0) is 44.9 Å². The van der Waals surface area contributed by atoms with E-state index in [1.54, 1.807) is 29.3 Å². The predicted molar refractivity (Wildman–Crippen MR) is 130 cm³/mol. The Kier molecular flexibility index (Phi) is 8.22. The SMILES string of the molecule is CCCCN1C(=O)C(=Cc2c(NCCCOC(C)C)nc3ccccn3c2=O)SC1=S. The number of thioether (sulfide) groups is 1. The van der Waals surface area contributed by atoms with Gasteiger partial charge in [0.05, 0.1) is 16.6 Å². The van der Waals surface area contributed by atoms with E-state index in [4.69, 9.17) is 17.0 Å². The van der Waals surface area contributed by atoms with Crippen molar-refractivity contribution >= 4 is 51.7 Å². The minimum atomic E-state index is -0.231. The van der Waals surface area contributed by atoms with Crippen LogP contribution in [0.25, 0.3) is 11.7 Å². The number of hydrogen-bond donors (Lipinski definition) is 1. The van der Waals surface area contributed by atoms with Crippen LogP contribution in [0.1, 0.15) is 45.6 Å². The van der Waals surface area contributed by atoms with Crippen LogP contribution in [-0.4, -0.2) is 50.3 Å². The van der Waals surface area contributed by atoms with Crippen LogP contribution in [0, 0.1) is 0 Å². The number of nitrogens with one attached hydrogen (secondary N) is 1. The van der Waals surface area contributed by atoms with E-state index in [-0.39, 0.29) is 17.6 Å². The van der Waals surface area contributed by atoms with Crippen LogP contribution in [0.2, 0.25) is 0 Å². The highest BCUT2D eigenvalue weighted by Crippen LogP contribution is 2.33. The van der Waals surface area contributed by atoms with E-state index in [1.807, 2.05) is 19.9 Å². The van der Waals surface area contributed by atoms with E-state index in [0.29, 0.717) is 46.0 Å². The lowest BCUT2D eigenvalue weighted by Gasteiger charge is -2.13. The molecule has 7 nitrogen and oxygen atoms in total. The monoisotopic (exact) mass is 460 g/mol. The molecule has 0 spiro atoms. The molecule has 1 saturated heterocycles. The molecule has 2 aromatic rings. The number of amides is 1. The fourth-order valence-corrected chi connectivity index (χ4v) is 4.40. The quantitative estimate of drug-likeness (QED) is 0.327. The third kappa shape index (κ3) is 5.72. The first-order valence-electron chi connectivity index (χ1n) is 10.5. The molecule has 9 heteroatoms. The average Bonchev–Trinajstić information content (AvgIpc) is 3.01. The molecule has 3 heterocycles. The summed E-state index contributed by atoms with van der Waals surface area (Å²) >= 11 is 6.62. The highest BCUT2D eigenvalue weighted by Gasteiger charge is 2.32. The first kappa shape index (κ1) is 23.4. The number of pyridine rings is 1. The Balaban J connectivity index is 1.91. The van der Waals surface area contributed by atoms with E-state index < -0.39 is 0 Å². The fourth-order valence-electron chi connectivity index (χ4n) is 3.11. The van der Waals surface area contributed by atoms with Crippen molar-refractivity contribution in [3.05, 3.63) is 45.2 Å². The fraction of sp³-hybridized carbons (Fsp3) is 0.455. The number of carbonyl (C=O) groups is 1. The molecule has 0 aromatic carbocycles. The van der Waals surface area contributed by atoms with Gasteiger partial charge in [0.1, 0.15) is 15.8 Å². The molecule has 0 atom stereocenters. The van der Waals surface area contributed by atoms with E-state index in [0.717, 1.165) is 19.3 Å². The van der Waals surface area contributed by atoms with Crippen molar-refractivity contribution in [2.45, 2.75) is 46.1 Å². The standard InChI is InChI=1S/C22H28N4O3S2/c1-4-5-11-26-21(28)17(31-22(26)30)14-16-19(23-10-8-13-29-15(2)3)24-18-9-6-7-12-25(18)20(16)27/h6-7,9,12,14-15,23H,4-5,8,10-11,13H2,1-3H3. The second kappa shape index (κ2) is 10.9. The number of thiocarbonyl (C=S) groups is 1. The first-order valence-corrected chi connectivity index (χ1v) is 11.8. The zero-order valence-corrected chi connectivity index (χ0v) is 19.7. The van der Waals surface area contributed by atoms with Crippen molar-refractivity contribution in [1.29, 1.82) is 0 Å². The zero-order valence-electron chi connectivity index (χ0n) is 18.1. The van der Waals surface area contributed by atoms with Crippen LogP contribution in [-0.2, 0) is 9.53 Å². The molecule has 2 aromatic heterocycles. The van der Waals surface area contributed by atoms with Gasteiger partial charge in [-0.15, -0.1) is 0 Å². The van der Waals surface area contributed by atoms with Gasteiger partial charge >= 0.3 is 0 Å². The Hall–Kier alpha value is -2.23. The molecule has 0 bridgehead atoms. The number of nitrogens with zero attached hydrogens (tertiary/aromatic N) is 3. The maximum absolute atomic E-state index is 13.2. The van der Waals surface area contributed by atoms with Gasteiger partial charge in [-0.25, -0.2) is 4.98 Å². The molecule has 31 heavy (non-hydrogen) atoms. The summed E-state index contributed by atoms with van der Waals surface area (Å²) in [6.07, 6.45) is 6.09. The van der Waals surface area contributed by atoms with Crippen LogP contribution in [0.3, 0.4) is 0 Å². The van der Waals surface area contributed by atoms with Crippen molar-refractivity contribution < 1.29 is 9.53 Å². The maximum atomic E-state index is 13.2. The summed E-state index contributed by atoms with van der Waals surface area (Å²) in [6, 6.07) is 5.39. The van der Waals surface area contributed by atoms with Gasteiger partial charge in [0.25, 0.3) is 11.5 Å². The molecule has 1 N–H and O–H groups in total. The van der Waals surface area contributed by atoms with Gasteiger partial charge in [-0.1, -0.05) is 43.4 Å². The van der Waals surface area contributed by atoms with Crippen LogP contribution in [0.4, 0.5) is 5.82 Å². The maximum Gasteiger partial charge on any atom is 0.267 e. The van der Waals surface area contributed by atoms with Crippen molar-refractivity contribution in [2.24, 2.45) is 0 Å². The summed E-state index contributed by atoms with van der Waals surface area (Å²) in [5, 5.41) is 3.25. The third-order valence-corrected chi connectivity index (χ3v) is 6.10. The van der Waals surface area contributed by atoms with Gasteiger partial charge < -0.3 is 10.1 Å². The van der Waals surface area contributed by atoms with Crippen LogP contribution < -0.4 is 10.9 Å². The molecule has 1 aliphatic heterocycles. The molecule has 0 radical (unpaired) electrons. The van der Waals surface area contributed by atoms with Crippen LogP contribution >= 0.6 is 24.0 Å². The lowest BCUT2D eigenvalue weighted by molar-refractivity contribution is -0.122. The summed E-state index contributed by atoms with van der Waals surface area (Å²) in [4.78, 5) is 32.7. The van der Waals surface area contributed by atoms with Crippen molar-refractivity contribution in [1.82, 2.24) is 14.3 Å². The minimum Gasteiger partial charge on any atom is -0.379 e. The lowest BCUT2D eigenvalue weighted by atomic mass is 10.2. The smallest absolute Gasteiger partial charge is 0.267 e. The Bertz CT molecular complexity index is 1050. The normalized spacial score (nSPS) is 15.6. The molecule has 1 fully saturated rings. The van der Waals surface area contributed by atoms with Gasteiger partial charge in [0, 0.05) is 25.9 Å². The van der Waals surface area contributed by atoms with Crippen LogP contribution in [0.5, 0.6) is 0 Å². The summed E-state index contributed by atoms with van der Waals surface area (Å²) in [5.74, 6) is 0.303. The molecule has 1 aliphatic rings. The summed E-state index contributed by atoms with van der Waals surface area (Å²) in [7, 11) is 0. The second-order valence-corrected chi connectivity index (χ2v) is 9.17.